The minimum absolute atomic E-state index is 0.137. The van der Waals surface area contributed by atoms with Crippen molar-refractivity contribution in [3.8, 4) is 0 Å². The highest BCUT2D eigenvalue weighted by Gasteiger charge is 2.30. The number of hydrogen-bond acceptors (Lipinski definition) is 0. The lowest BCUT2D eigenvalue weighted by molar-refractivity contribution is 0.922. The molecule has 0 N–H and O–H groups in total. The predicted octanol–water partition coefficient (Wildman–Crippen LogP) is 6.59. The molecule has 118 valence electrons. The lowest BCUT2D eigenvalue weighted by atomic mass is 9.85. The Hall–Kier alpha value is -2.60. The van der Waals surface area contributed by atoms with E-state index in [0.29, 0.717) is 0 Å². The fourth-order valence-corrected chi connectivity index (χ4v) is 2.90. The number of rotatable bonds is 8. The third-order valence-corrected chi connectivity index (χ3v) is 3.70. The monoisotopic (exact) mass is 302 g/mol. The van der Waals surface area contributed by atoms with Gasteiger partial charge in [-0.05, 0) is 41.7 Å². The van der Waals surface area contributed by atoms with Crippen molar-refractivity contribution in [3.05, 3.63) is 121 Å². The Kier molecular flexibility index (Phi) is 7.56. The van der Waals surface area contributed by atoms with Crippen LogP contribution < -0.4 is 0 Å². The maximum absolute atomic E-state index is 4.00. The van der Waals surface area contributed by atoms with Crippen LogP contribution in [0.2, 0.25) is 0 Å². The van der Waals surface area contributed by atoms with Gasteiger partial charge in [-0.25, -0.2) is 0 Å². The van der Waals surface area contributed by atoms with Gasteiger partial charge < -0.3 is 0 Å². The molecule has 0 amide bonds. The van der Waals surface area contributed by atoms with Crippen LogP contribution in [0.1, 0.15) is 13.8 Å². The molecule has 1 rings (SSSR count). The zero-order valence-corrected chi connectivity index (χ0v) is 14.3. The molecule has 0 aromatic heterocycles. The van der Waals surface area contributed by atoms with Gasteiger partial charge in [0.1, 0.15) is 0 Å². The van der Waals surface area contributed by atoms with E-state index in [0.717, 1.165) is 11.1 Å². The SMILES string of the molecule is C=C/C=C\C1=C(C=C)C(C=C)=C(/C=C\C)C1C(/C=C\C)=C/C=C. The summed E-state index contributed by atoms with van der Waals surface area (Å²) in [5, 5.41) is 0. The largest absolute Gasteiger partial charge is 0.0991 e. The van der Waals surface area contributed by atoms with E-state index in [1.54, 1.807) is 6.08 Å². The van der Waals surface area contributed by atoms with Crippen LogP contribution in [0.5, 0.6) is 0 Å². The fraction of sp³-hybridized carbons (Fsp3) is 0.130. The van der Waals surface area contributed by atoms with E-state index in [1.165, 1.54) is 16.7 Å². The van der Waals surface area contributed by atoms with E-state index in [1.807, 2.05) is 38.2 Å². The summed E-state index contributed by atoms with van der Waals surface area (Å²) in [5.41, 5.74) is 5.87. The Morgan fingerprint density at radius 1 is 0.826 bits per heavy atom. The highest BCUT2D eigenvalue weighted by molar-refractivity contribution is 5.67. The molecule has 1 aliphatic carbocycles. The minimum Gasteiger partial charge on any atom is -0.0991 e. The molecule has 0 radical (unpaired) electrons. The van der Waals surface area contributed by atoms with Crippen molar-refractivity contribution in [1.82, 2.24) is 0 Å². The molecular weight excluding hydrogens is 276 g/mol. The van der Waals surface area contributed by atoms with Gasteiger partial charge in [-0.15, -0.1) is 0 Å². The highest BCUT2D eigenvalue weighted by Crippen LogP contribution is 2.44. The van der Waals surface area contributed by atoms with E-state index in [9.17, 15) is 0 Å². The van der Waals surface area contributed by atoms with Gasteiger partial charge in [-0.2, -0.15) is 0 Å². The fourth-order valence-electron chi connectivity index (χ4n) is 2.90. The first kappa shape index (κ1) is 18.4. The van der Waals surface area contributed by atoms with Crippen molar-refractivity contribution in [1.29, 1.82) is 0 Å². The quantitative estimate of drug-likeness (QED) is 0.444. The zero-order valence-electron chi connectivity index (χ0n) is 14.3. The summed E-state index contributed by atoms with van der Waals surface area (Å²) >= 11 is 0. The van der Waals surface area contributed by atoms with Crippen LogP contribution in [-0.4, -0.2) is 0 Å². The van der Waals surface area contributed by atoms with Crippen LogP contribution in [0.15, 0.2) is 121 Å². The normalized spacial score (nSPS) is 19.4. The first-order valence-electron chi connectivity index (χ1n) is 7.80. The second-order valence-corrected chi connectivity index (χ2v) is 5.08. The number of hydrogen-bond donors (Lipinski definition) is 0. The smallest absolute Gasteiger partial charge is 0.0352 e. The summed E-state index contributed by atoms with van der Waals surface area (Å²) in [6.45, 7) is 19.7. The number of allylic oxidation sites excluding steroid dienone is 16. The highest BCUT2D eigenvalue weighted by atomic mass is 14.3. The standard InChI is InChI=1S/C23H26/c1-7-13-17-22-20(12-6)19(11-5)21(16-10-4)23(22)18(14-8-2)15-9-3/h7-17,23H,1-2,5-6H2,3-4H3/b15-9-,16-10-,17-13-,18-14+. The summed E-state index contributed by atoms with van der Waals surface area (Å²) < 4.78 is 0. The van der Waals surface area contributed by atoms with Gasteiger partial charge in [0.15, 0.2) is 0 Å². The molecule has 0 heteroatoms. The average Bonchev–Trinajstić information content (AvgIpc) is 2.85. The van der Waals surface area contributed by atoms with E-state index >= 15 is 0 Å². The van der Waals surface area contributed by atoms with Crippen LogP contribution in [0.25, 0.3) is 0 Å². The topological polar surface area (TPSA) is 0 Å². The molecule has 0 heterocycles. The third-order valence-electron chi connectivity index (χ3n) is 3.70. The minimum atomic E-state index is 0.137. The second-order valence-electron chi connectivity index (χ2n) is 5.08. The Morgan fingerprint density at radius 2 is 1.43 bits per heavy atom. The van der Waals surface area contributed by atoms with Crippen molar-refractivity contribution >= 4 is 0 Å². The van der Waals surface area contributed by atoms with Gasteiger partial charge in [-0.1, -0.05) is 93.2 Å². The summed E-state index contributed by atoms with van der Waals surface area (Å²) in [5.74, 6) is 0.137. The lowest BCUT2D eigenvalue weighted by Gasteiger charge is -2.18. The molecule has 0 bridgehead atoms. The van der Waals surface area contributed by atoms with Crippen LogP contribution in [-0.2, 0) is 0 Å². The van der Waals surface area contributed by atoms with E-state index in [-0.39, 0.29) is 5.92 Å². The second kappa shape index (κ2) is 9.42. The molecule has 1 atom stereocenters. The van der Waals surface area contributed by atoms with Crippen molar-refractivity contribution in [3.63, 3.8) is 0 Å². The molecule has 0 spiro atoms. The van der Waals surface area contributed by atoms with Gasteiger partial charge in [0.2, 0.25) is 0 Å². The molecular formula is C23H26. The lowest BCUT2D eigenvalue weighted by Crippen LogP contribution is -2.05. The predicted molar refractivity (Wildman–Crippen MR) is 105 cm³/mol. The summed E-state index contributed by atoms with van der Waals surface area (Å²) in [4.78, 5) is 0. The molecule has 1 aliphatic rings. The molecule has 1 unspecified atom stereocenters. The molecule has 0 aromatic rings. The molecule has 0 nitrogen and oxygen atoms in total. The first-order valence-corrected chi connectivity index (χ1v) is 7.80. The van der Waals surface area contributed by atoms with Gasteiger partial charge in [-0.3, -0.25) is 0 Å². The van der Waals surface area contributed by atoms with Gasteiger partial charge in [0.05, 0.1) is 0 Å². The summed E-state index contributed by atoms with van der Waals surface area (Å²) in [6, 6.07) is 0. The Morgan fingerprint density at radius 3 is 1.87 bits per heavy atom. The maximum Gasteiger partial charge on any atom is 0.0352 e. The molecule has 0 saturated heterocycles. The molecule has 0 fully saturated rings. The maximum atomic E-state index is 4.00. The van der Waals surface area contributed by atoms with E-state index in [2.05, 4.69) is 62.8 Å². The average molecular weight is 302 g/mol. The van der Waals surface area contributed by atoms with Crippen molar-refractivity contribution in [2.75, 3.05) is 0 Å². The zero-order chi connectivity index (χ0) is 17.2. The van der Waals surface area contributed by atoms with Gasteiger partial charge in [0.25, 0.3) is 0 Å². The van der Waals surface area contributed by atoms with Gasteiger partial charge in [0, 0.05) is 5.92 Å². The third kappa shape index (κ3) is 3.98. The Labute approximate surface area is 141 Å². The summed E-state index contributed by atoms with van der Waals surface area (Å²) in [6.07, 6.45) is 22.0. The Balaban J connectivity index is 3.74. The van der Waals surface area contributed by atoms with E-state index < -0.39 is 0 Å². The molecule has 0 saturated carbocycles. The van der Waals surface area contributed by atoms with Crippen molar-refractivity contribution in [2.45, 2.75) is 13.8 Å². The Bertz CT molecular complexity index is 667. The van der Waals surface area contributed by atoms with Crippen molar-refractivity contribution in [2.24, 2.45) is 5.92 Å². The molecule has 0 aliphatic heterocycles. The molecule has 0 aromatic carbocycles. The van der Waals surface area contributed by atoms with Crippen LogP contribution in [0, 0.1) is 5.92 Å². The van der Waals surface area contributed by atoms with Crippen LogP contribution in [0.4, 0.5) is 0 Å². The van der Waals surface area contributed by atoms with Gasteiger partial charge >= 0.3 is 0 Å². The van der Waals surface area contributed by atoms with E-state index in [4.69, 9.17) is 0 Å². The first-order chi connectivity index (χ1) is 11.2. The molecule has 23 heavy (non-hydrogen) atoms. The van der Waals surface area contributed by atoms with Crippen LogP contribution in [0.3, 0.4) is 0 Å². The van der Waals surface area contributed by atoms with Crippen LogP contribution >= 0.6 is 0 Å². The van der Waals surface area contributed by atoms with Crippen molar-refractivity contribution < 1.29 is 0 Å². The summed E-state index contributed by atoms with van der Waals surface area (Å²) in [7, 11) is 0.